The molecule has 66 valence electrons. The Labute approximate surface area is 73.2 Å². The molecule has 0 aromatic carbocycles. The monoisotopic (exact) mass is 166 g/mol. The summed E-state index contributed by atoms with van der Waals surface area (Å²) in [5, 5.41) is 0. The van der Waals surface area contributed by atoms with Crippen LogP contribution in [0.4, 0.5) is 0 Å². The first-order chi connectivity index (χ1) is 5.97. The summed E-state index contributed by atoms with van der Waals surface area (Å²) in [6, 6.07) is 0. The Morgan fingerprint density at radius 1 is 1.17 bits per heavy atom. The summed E-state index contributed by atoms with van der Waals surface area (Å²) in [7, 11) is 0. The van der Waals surface area contributed by atoms with Crippen molar-refractivity contribution in [2.24, 2.45) is 0 Å². The van der Waals surface area contributed by atoms with Crippen molar-refractivity contribution in [1.29, 1.82) is 0 Å². The molecule has 0 bridgehead atoms. The summed E-state index contributed by atoms with van der Waals surface area (Å²) in [5.74, 6) is 1.83. The number of hydrogen-bond donors (Lipinski definition) is 0. The third-order valence-electron chi connectivity index (χ3n) is 1.52. The van der Waals surface area contributed by atoms with E-state index < -0.39 is 0 Å². The van der Waals surface area contributed by atoms with Gasteiger partial charge in [-0.05, 0) is 6.08 Å². The first-order valence-corrected chi connectivity index (χ1v) is 4.29. The maximum Gasteiger partial charge on any atom is 0.230 e. The normalized spacial score (nSPS) is 18.5. The largest absolute Gasteiger partial charge is 0.458 e. The van der Waals surface area contributed by atoms with Crippen molar-refractivity contribution in [3.63, 3.8) is 0 Å². The quantitative estimate of drug-likeness (QED) is 0.551. The second-order valence-corrected chi connectivity index (χ2v) is 2.19. The molecule has 2 heteroatoms. The molecule has 0 N–H and O–H groups in total. The minimum atomic E-state index is 0.378. The van der Waals surface area contributed by atoms with Crippen LogP contribution >= 0.6 is 0 Å². The molecule has 0 unspecified atom stereocenters. The molecule has 0 saturated heterocycles. The van der Waals surface area contributed by atoms with Gasteiger partial charge in [-0.1, -0.05) is 32.1 Å². The van der Waals surface area contributed by atoms with E-state index in [1.807, 2.05) is 38.2 Å². The summed E-state index contributed by atoms with van der Waals surface area (Å²) >= 11 is 0. The molecule has 1 aliphatic carbocycles. The molecule has 12 heavy (non-hydrogen) atoms. The van der Waals surface area contributed by atoms with E-state index in [-0.39, 0.29) is 0 Å². The molecule has 0 spiro atoms. The molecule has 1 aliphatic heterocycles. The molecule has 1 heterocycles. The molecular formula is C10H14O2. The first kappa shape index (κ1) is 8.91. The van der Waals surface area contributed by atoms with E-state index >= 15 is 0 Å². The van der Waals surface area contributed by atoms with Crippen LogP contribution in [0.25, 0.3) is 0 Å². The van der Waals surface area contributed by atoms with Gasteiger partial charge in [-0.15, -0.1) is 0 Å². The Morgan fingerprint density at radius 3 is 2.83 bits per heavy atom. The highest BCUT2D eigenvalue weighted by atomic mass is 16.7. The number of rotatable bonds is 0. The van der Waals surface area contributed by atoms with E-state index in [1.165, 1.54) is 0 Å². The fourth-order valence-electron chi connectivity index (χ4n) is 1.01. The molecule has 0 atom stereocenters. The topological polar surface area (TPSA) is 18.5 Å². The molecule has 0 saturated carbocycles. The van der Waals surface area contributed by atoms with E-state index in [2.05, 4.69) is 0 Å². The van der Waals surface area contributed by atoms with Gasteiger partial charge in [-0.25, -0.2) is 0 Å². The van der Waals surface area contributed by atoms with E-state index in [4.69, 9.17) is 9.47 Å². The molecule has 2 rings (SSSR count). The molecule has 0 fully saturated rings. The van der Waals surface area contributed by atoms with Gasteiger partial charge >= 0.3 is 0 Å². The summed E-state index contributed by atoms with van der Waals surface area (Å²) in [6.07, 6.45) is 8.77. The van der Waals surface area contributed by atoms with Crippen LogP contribution in [0, 0.1) is 0 Å². The van der Waals surface area contributed by atoms with E-state index in [9.17, 15) is 0 Å². The van der Waals surface area contributed by atoms with Gasteiger partial charge in [0, 0.05) is 6.42 Å². The molecular weight excluding hydrogens is 152 g/mol. The van der Waals surface area contributed by atoms with Crippen molar-refractivity contribution in [3.8, 4) is 0 Å². The summed E-state index contributed by atoms with van der Waals surface area (Å²) in [4.78, 5) is 0. The Balaban J connectivity index is 0.000000336. The van der Waals surface area contributed by atoms with Crippen LogP contribution in [0.2, 0.25) is 0 Å². The average molecular weight is 166 g/mol. The lowest BCUT2D eigenvalue weighted by atomic mass is 10.3. The predicted octanol–water partition coefficient (Wildman–Crippen LogP) is 2.74. The third kappa shape index (κ3) is 1.91. The second kappa shape index (κ2) is 4.65. The smallest absolute Gasteiger partial charge is 0.230 e. The van der Waals surface area contributed by atoms with E-state index in [0.29, 0.717) is 6.79 Å². The summed E-state index contributed by atoms with van der Waals surface area (Å²) < 4.78 is 10.4. The second-order valence-electron chi connectivity index (χ2n) is 2.19. The Morgan fingerprint density at radius 2 is 2.00 bits per heavy atom. The van der Waals surface area contributed by atoms with Gasteiger partial charge in [0.25, 0.3) is 0 Å². The lowest BCUT2D eigenvalue weighted by Gasteiger charge is -1.93. The fourth-order valence-corrected chi connectivity index (χ4v) is 1.01. The molecule has 0 radical (unpaired) electrons. The van der Waals surface area contributed by atoms with Gasteiger partial charge in [0.15, 0.2) is 5.76 Å². The molecule has 0 aromatic heterocycles. The van der Waals surface area contributed by atoms with Crippen molar-refractivity contribution in [1.82, 2.24) is 0 Å². The van der Waals surface area contributed by atoms with Crippen molar-refractivity contribution < 1.29 is 9.47 Å². The minimum absolute atomic E-state index is 0.378. The van der Waals surface area contributed by atoms with Crippen molar-refractivity contribution >= 4 is 0 Å². The molecule has 2 aliphatic rings. The predicted molar refractivity (Wildman–Crippen MR) is 48.3 cm³/mol. The van der Waals surface area contributed by atoms with Crippen LogP contribution in [0.5, 0.6) is 0 Å². The van der Waals surface area contributed by atoms with Crippen LogP contribution in [-0.4, -0.2) is 6.79 Å². The minimum Gasteiger partial charge on any atom is -0.458 e. The Bertz CT molecular complexity index is 224. The van der Waals surface area contributed by atoms with Crippen LogP contribution in [0.1, 0.15) is 20.3 Å². The van der Waals surface area contributed by atoms with Crippen LogP contribution < -0.4 is 0 Å². The van der Waals surface area contributed by atoms with Crippen molar-refractivity contribution in [3.05, 3.63) is 35.8 Å². The zero-order valence-corrected chi connectivity index (χ0v) is 7.54. The average Bonchev–Trinajstić information content (AvgIpc) is 2.46. The van der Waals surface area contributed by atoms with E-state index in [1.54, 1.807) is 0 Å². The maximum atomic E-state index is 5.19. The maximum absolute atomic E-state index is 5.19. The highest BCUT2D eigenvalue weighted by Gasteiger charge is 2.13. The summed E-state index contributed by atoms with van der Waals surface area (Å²) in [6.45, 7) is 4.38. The zero-order valence-electron chi connectivity index (χ0n) is 7.54. The summed E-state index contributed by atoms with van der Waals surface area (Å²) in [5.41, 5.74) is 0. The van der Waals surface area contributed by atoms with E-state index in [0.717, 1.165) is 17.9 Å². The Hall–Kier alpha value is -1.18. The number of ether oxygens (including phenoxy) is 2. The van der Waals surface area contributed by atoms with Gasteiger partial charge in [0.2, 0.25) is 6.79 Å². The molecule has 0 aromatic rings. The van der Waals surface area contributed by atoms with Gasteiger partial charge in [-0.2, -0.15) is 0 Å². The molecule has 0 amide bonds. The standard InChI is InChI=1S/C8H8O2.C2H6/c1-2-4-7-8(5-3-1)10-6-9-7;1-2/h1-4H,5-6H2;1-2H3. The SMILES string of the molecule is C1=CCC2=C(C=C1)OCO2.CC. The zero-order chi connectivity index (χ0) is 8.81. The van der Waals surface area contributed by atoms with Crippen LogP contribution in [0.15, 0.2) is 35.8 Å². The van der Waals surface area contributed by atoms with Gasteiger partial charge in [0.05, 0.1) is 0 Å². The molecule has 2 nitrogen and oxygen atoms in total. The highest BCUT2D eigenvalue weighted by molar-refractivity contribution is 5.26. The third-order valence-corrected chi connectivity index (χ3v) is 1.52. The van der Waals surface area contributed by atoms with Gasteiger partial charge in [-0.3, -0.25) is 0 Å². The highest BCUT2D eigenvalue weighted by Crippen LogP contribution is 2.22. The fraction of sp³-hybridized carbons (Fsp3) is 0.400. The number of allylic oxidation sites excluding steroid dienone is 4. The lowest BCUT2D eigenvalue weighted by molar-refractivity contribution is 0.0732. The van der Waals surface area contributed by atoms with Gasteiger partial charge in [0.1, 0.15) is 5.76 Å². The lowest BCUT2D eigenvalue weighted by Crippen LogP contribution is -1.82. The van der Waals surface area contributed by atoms with Crippen molar-refractivity contribution in [2.45, 2.75) is 20.3 Å². The van der Waals surface area contributed by atoms with Crippen LogP contribution in [-0.2, 0) is 9.47 Å². The first-order valence-electron chi connectivity index (χ1n) is 4.29. The van der Waals surface area contributed by atoms with Gasteiger partial charge < -0.3 is 9.47 Å². The Kier molecular flexibility index (Phi) is 3.45. The van der Waals surface area contributed by atoms with Crippen LogP contribution in [0.3, 0.4) is 0 Å². The number of hydrogen-bond acceptors (Lipinski definition) is 2. The van der Waals surface area contributed by atoms with Crippen molar-refractivity contribution in [2.75, 3.05) is 6.79 Å².